The highest BCUT2D eigenvalue weighted by Crippen LogP contribution is 2.43. The van der Waals surface area contributed by atoms with Gasteiger partial charge in [0.25, 0.3) is 0 Å². The van der Waals surface area contributed by atoms with Gasteiger partial charge < -0.3 is 25.6 Å². The van der Waals surface area contributed by atoms with Crippen LogP contribution in [0.2, 0.25) is 0 Å². The number of rotatable bonds is 7. The number of hydrogen-bond acceptors (Lipinski definition) is 9. The van der Waals surface area contributed by atoms with Gasteiger partial charge in [0.15, 0.2) is 0 Å². The molecule has 33 heavy (non-hydrogen) atoms. The summed E-state index contributed by atoms with van der Waals surface area (Å²) in [7, 11) is 2.40. The molecule has 2 aromatic carbocycles. The van der Waals surface area contributed by atoms with Gasteiger partial charge in [-0.1, -0.05) is 30.3 Å². The Balaban J connectivity index is 2.28. The largest absolute Gasteiger partial charge is 0.466 e. The van der Waals surface area contributed by atoms with Crippen molar-refractivity contribution in [1.82, 2.24) is 0 Å². The third-order valence-corrected chi connectivity index (χ3v) is 5.18. The topological polar surface area (TPSA) is 138 Å². The fourth-order valence-corrected chi connectivity index (χ4v) is 3.71. The zero-order valence-electron chi connectivity index (χ0n) is 18.2. The molecule has 9 heteroatoms. The molecule has 4 N–H and O–H groups in total. The third kappa shape index (κ3) is 4.51. The summed E-state index contributed by atoms with van der Waals surface area (Å²) in [5.41, 5.74) is 8.11. The molecule has 9 nitrogen and oxygen atoms in total. The zero-order chi connectivity index (χ0) is 24.0. The van der Waals surface area contributed by atoms with Crippen molar-refractivity contribution in [3.63, 3.8) is 0 Å². The van der Waals surface area contributed by atoms with E-state index in [1.54, 1.807) is 54.6 Å². The van der Waals surface area contributed by atoms with Gasteiger partial charge in [-0.25, -0.2) is 9.59 Å². The molecule has 0 saturated carbocycles. The summed E-state index contributed by atoms with van der Waals surface area (Å²) >= 11 is 0. The zero-order valence-corrected chi connectivity index (χ0v) is 18.2. The van der Waals surface area contributed by atoms with Crippen molar-refractivity contribution in [3.05, 3.63) is 82.8 Å². The number of carbonyl (C=O) groups excluding carboxylic acids is 2. The van der Waals surface area contributed by atoms with Crippen molar-refractivity contribution < 1.29 is 24.2 Å². The van der Waals surface area contributed by atoms with Gasteiger partial charge >= 0.3 is 11.9 Å². The van der Waals surface area contributed by atoms with E-state index in [1.807, 2.05) is 0 Å². The van der Waals surface area contributed by atoms with E-state index < -0.39 is 17.9 Å². The number of allylic oxidation sites excluding steroid dienone is 1. The Morgan fingerprint density at radius 1 is 1.09 bits per heavy atom. The predicted molar refractivity (Wildman–Crippen MR) is 122 cm³/mol. The molecule has 1 aliphatic heterocycles. The average Bonchev–Trinajstić information content (AvgIpc) is 2.86. The van der Waals surface area contributed by atoms with E-state index in [-0.39, 0.29) is 29.3 Å². The predicted octanol–water partition coefficient (Wildman–Crippen LogP) is 1.99. The number of aliphatic hydroxyl groups excluding tert-OH is 1. The molecule has 0 bridgehead atoms. The lowest BCUT2D eigenvalue weighted by Gasteiger charge is -2.35. The normalized spacial score (nSPS) is 15.7. The van der Waals surface area contributed by atoms with E-state index in [9.17, 15) is 14.9 Å². The van der Waals surface area contributed by atoms with Crippen LogP contribution in [-0.4, -0.2) is 44.4 Å². The van der Waals surface area contributed by atoms with Gasteiger partial charge in [0.05, 0.1) is 44.0 Å². The van der Waals surface area contributed by atoms with Crippen molar-refractivity contribution in [2.24, 2.45) is 5.73 Å². The molecule has 0 spiro atoms. The number of aliphatic hydroxyl groups is 1. The molecule has 1 atom stereocenters. The van der Waals surface area contributed by atoms with Gasteiger partial charge in [0, 0.05) is 17.9 Å². The first-order valence-corrected chi connectivity index (χ1v) is 10.1. The molecule has 0 aliphatic carbocycles. The number of anilines is 2. The monoisotopic (exact) mass is 448 g/mol. The van der Waals surface area contributed by atoms with Gasteiger partial charge in [-0.05, 0) is 29.8 Å². The van der Waals surface area contributed by atoms with Crippen LogP contribution < -0.4 is 16.0 Å². The third-order valence-electron chi connectivity index (χ3n) is 5.18. The standard InChI is InChI=1S/C24H24N4O5/c1-32-23(30)20-19(15-6-4-3-5-7-15)18(14-25)22(26)28(21(20)24(31)33-2)17-10-8-16(9-11-17)27-12-13-29/h3-11,19,27,29H,12-13,26H2,1-2H3. The van der Waals surface area contributed by atoms with Crippen LogP contribution in [-0.2, 0) is 19.1 Å². The van der Waals surface area contributed by atoms with E-state index in [2.05, 4.69) is 11.4 Å². The Bertz CT molecular complexity index is 1130. The lowest BCUT2D eigenvalue weighted by molar-refractivity contribution is -0.139. The number of nitrogens with two attached hydrogens (primary N) is 1. The number of nitrogens with zero attached hydrogens (tertiary/aromatic N) is 2. The summed E-state index contributed by atoms with van der Waals surface area (Å²) in [5.74, 6) is -2.51. The molecule has 0 amide bonds. The van der Waals surface area contributed by atoms with Crippen molar-refractivity contribution in [1.29, 1.82) is 5.26 Å². The number of hydrogen-bond donors (Lipinski definition) is 3. The number of carbonyl (C=O) groups is 2. The van der Waals surface area contributed by atoms with Crippen molar-refractivity contribution in [2.75, 3.05) is 37.6 Å². The van der Waals surface area contributed by atoms with Crippen LogP contribution in [0.15, 0.2) is 77.3 Å². The molecule has 1 heterocycles. The highest BCUT2D eigenvalue weighted by atomic mass is 16.5. The van der Waals surface area contributed by atoms with Crippen LogP contribution in [0, 0.1) is 11.3 Å². The van der Waals surface area contributed by atoms with E-state index in [4.69, 9.17) is 20.3 Å². The summed E-state index contributed by atoms with van der Waals surface area (Å²) in [6, 6.07) is 17.7. The minimum absolute atomic E-state index is 0.00419. The highest BCUT2D eigenvalue weighted by molar-refractivity contribution is 6.06. The molecule has 170 valence electrons. The summed E-state index contributed by atoms with van der Waals surface area (Å²) in [5, 5.41) is 22.0. The van der Waals surface area contributed by atoms with Crippen LogP contribution >= 0.6 is 0 Å². The summed E-state index contributed by atoms with van der Waals surface area (Å²) in [4.78, 5) is 27.3. The molecule has 1 aliphatic rings. The molecular formula is C24H24N4O5. The van der Waals surface area contributed by atoms with Gasteiger partial charge in [-0.2, -0.15) is 5.26 Å². The smallest absolute Gasteiger partial charge is 0.355 e. The fourth-order valence-electron chi connectivity index (χ4n) is 3.71. The Morgan fingerprint density at radius 2 is 1.73 bits per heavy atom. The highest BCUT2D eigenvalue weighted by Gasteiger charge is 2.42. The Kier molecular flexibility index (Phi) is 7.33. The van der Waals surface area contributed by atoms with Gasteiger partial charge in [-0.15, -0.1) is 0 Å². The summed E-state index contributed by atoms with van der Waals surface area (Å²) in [6.07, 6.45) is 0. The lowest BCUT2D eigenvalue weighted by atomic mass is 9.81. The fraction of sp³-hybridized carbons (Fsp3) is 0.208. The van der Waals surface area contributed by atoms with E-state index in [0.717, 1.165) is 5.69 Å². The van der Waals surface area contributed by atoms with Gasteiger partial charge in [-0.3, -0.25) is 4.90 Å². The van der Waals surface area contributed by atoms with Crippen LogP contribution in [0.1, 0.15) is 11.5 Å². The maximum absolute atomic E-state index is 13.0. The lowest BCUT2D eigenvalue weighted by Crippen LogP contribution is -2.40. The molecular weight excluding hydrogens is 424 g/mol. The van der Waals surface area contributed by atoms with E-state index in [0.29, 0.717) is 17.8 Å². The molecule has 0 aromatic heterocycles. The average molecular weight is 448 g/mol. The number of methoxy groups -OCH3 is 2. The van der Waals surface area contributed by atoms with Crippen molar-refractivity contribution >= 4 is 23.3 Å². The first kappa shape index (κ1) is 23.4. The number of nitriles is 1. The maximum Gasteiger partial charge on any atom is 0.355 e. The molecule has 2 aromatic rings. The Hall–Kier alpha value is -4.29. The number of ether oxygens (including phenoxy) is 2. The molecule has 0 radical (unpaired) electrons. The summed E-state index contributed by atoms with van der Waals surface area (Å²) < 4.78 is 10.0. The minimum atomic E-state index is -0.917. The van der Waals surface area contributed by atoms with Crippen LogP contribution in [0.4, 0.5) is 11.4 Å². The number of benzene rings is 2. The molecule has 3 rings (SSSR count). The molecule has 0 fully saturated rings. The second-order valence-electron chi connectivity index (χ2n) is 7.03. The first-order valence-electron chi connectivity index (χ1n) is 10.1. The van der Waals surface area contributed by atoms with E-state index in [1.165, 1.54) is 19.1 Å². The molecule has 0 saturated heterocycles. The Morgan fingerprint density at radius 3 is 2.27 bits per heavy atom. The second kappa shape index (κ2) is 10.3. The quantitative estimate of drug-likeness (QED) is 0.543. The maximum atomic E-state index is 13.0. The number of nitrogens with one attached hydrogen (secondary N) is 1. The van der Waals surface area contributed by atoms with Gasteiger partial charge in [0.1, 0.15) is 11.5 Å². The second-order valence-corrected chi connectivity index (χ2v) is 7.03. The molecule has 1 unspecified atom stereocenters. The van der Waals surface area contributed by atoms with E-state index >= 15 is 0 Å². The number of esters is 2. The van der Waals surface area contributed by atoms with Crippen molar-refractivity contribution in [3.8, 4) is 6.07 Å². The summed E-state index contributed by atoms with van der Waals surface area (Å²) in [6.45, 7) is 0.329. The Labute approximate surface area is 191 Å². The first-order chi connectivity index (χ1) is 16.0. The van der Waals surface area contributed by atoms with Crippen LogP contribution in [0.25, 0.3) is 0 Å². The van der Waals surface area contributed by atoms with Crippen molar-refractivity contribution in [2.45, 2.75) is 5.92 Å². The SMILES string of the molecule is COC(=O)C1=C(C(=O)OC)N(c2ccc(NCCO)cc2)C(N)=C(C#N)C1c1ccccc1. The van der Waals surface area contributed by atoms with Crippen LogP contribution in [0.3, 0.4) is 0 Å². The van der Waals surface area contributed by atoms with Gasteiger partial charge in [0.2, 0.25) is 0 Å². The van der Waals surface area contributed by atoms with Crippen LogP contribution in [0.5, 0.6) is 0 Å². The minimum Gasteiger partial charge on any atom is -0.466 e.